The molecule has 0 spiro atoms. The molecule has 0 saturated heterocycles. The van der Waals surface area contributed by atoms with Gasteiger partial charge < -0.3 is 13.9 Å². The van der Waals surface area contributed by atoms with E-state index in [0.717, 1.165) is 0 Å². The van der Waals surface area contributed by atoms with Crippen molar-refractivity contribution >= 4 is 19.7 Å². The molecule has 0 bridgehead atoms. The summed E-state index contributed by atoms with van der Waals surface area (Å²) in [6.07, 6.45) is 0. The summed E-state index contributed by atoms with van der Waals surface area (Å²) in [5.41, 5.74) is 0.686. The van der Waals surface area contributed by atoms with Crippen molar-refractivity contribution < 1.29 is 22.3 Å². The van der Waals surface area contributed by atoms with E-state index in [0.29, 0.717) is 22.8 Å². The second-order valence-electron chi connectivity index (χ2n) is 3.62. The van der Waals surface area contributed by atoms with E-state index in [4.69, 9.17) is 24.6 Å². The van der Waals surface area contributed by atoms with E-state index in [9.17, 15) is 8.42 Å². The first-order valence-electron chi connectivity index (χ1n) is 4.98. The van der Waals surface area contributed by atoms with Crippen LogP contribution in [-0.2, 0) is 9.05 Å². The van der Waals surface area contributed by atoms with Gasteiger partial charge in [-0.1, -0.05) is 0 Å². The molecular weight excluding hydrogens is 280 g/mol. The first kappa shape index (κ1) is 11.4. The number of hydrogen-bond donors (Lipinski definition) is 0. The molecule has 1 aliphatic heterocycles. The first-order valence-corrected chi connectivity index (χ1v) is 7.29. The molecule has 2 heterocycles. The van der Waals surface area contributed by atoms with E-state index in [1.165, 1.54) is 12.1 Å². The third-order valence-electron chi connectivity index (χ3n) is 2.48. The molecule has 0 unspecified atom stereocenters. The normalized spacial score (nSPS) is 13.8. The van der Waals surface area contributed by atoms with Crippen LogP contribution in [0, 0.1) is 0 Å². The molecule has 1 aromatic heterocycles. The van der Waals surface area contributed by atoms with Crippen LogP contribution in [0.2, 0.25) is 0 Å². The lowest BCUT2D eigenvalue weighted by Crippen LogP contribution is -1.92. The van der Waals surface area contributed by atoms with Crippen molar-refractivity contribution in [2.24, 2.45) is 0 Å². The van der Waals surface area contributed by atoms with Crippen LogP contribution in [0.4, 0.5) is 0 Å². The highest BCUT2D eigenvalue weighted by Gasteiger charge is 2.18. The van der Waals surface area contributed by atoms with Crippen LogP contribution in [0.5, 0.6) is 11.5 Å². The monoisotopic (exact) mass is 286 g/mol. The second-order valence-corrected chi connectivity index (χ2v) is 6.12. The largest absolute Gasteiger partial charge is 0.454 e. The molecule has 0 saturated carbocycles. The summed E-state index contributed by atoms with van der Waals surface area (Å²) in [6.45, 7) is 0.179. The quantitative estimate of drug-likeness (QED) is 0.794. The van der Waals surface area contributed by atoms with Crippen molar-refractivity contribution in [3.8, 4) is 22.8 Å². The van der Waals surface area contributed by atoms with Crippen LogP contribution in [0.3, 0.4) is 0 Å². The van der Waals surface area contributed by atoms with E-state index in [1.54, 1.807) is 18.2 Å². The molecule has 0 amide bonds. The van der Waals surface area contributed by atoms with E-state index in [-0.39, 0.29) is 11.9 Å². The summed E-state index contributed by atoms with van der Waals surface area (Å²) in [7, 11) is 1.34. The molecule has 7 heteroatoms. The van der Waals surface area contributed by atoms with E-state index in [1.807, 2.05) is 0 Å². The maximum atomic E-state index is 11.1. The van der Waals surface area contributed by atoms with Gasteiger partial charge in [-0.05, 0) is 30.3 Å². The van der Waals surface area contributed by atoms with Crippen molar-refractivity contribution in [3.05, 3.63) is 30.3 Å². The fraction of sp³-hybridized carbons (Fsp3) is 0.0909. The molecule has 0 atom stereocenters. The van der Waals surface area contributed by atoms with Gasteiger partial charge in [-0.2, -0.15) is 0 Å². The lowest BCUT2D eigenvalue weighted by Gasteiger charge is -1.99. The van der Waals surface area contributed by atoms with Gasteiger partial charge in [0.1, 0.15) is 5.76 Å². The summed E-state index contributed by atoms with van der Waals surface area (Å²) in [5.74, 6) is 1.64. The van der Waals surface area contributed by atoms with Gasteiger partial charge in [-0.3, -0.25) is 0 Å². The minimum absolute atomic E-state index is 0.179. The number of halogens is 1. The van der Waals surface area contributed by atoms with E-state index >= 15 is 0 Å². The maximum absolute atomic E-state index is 11.1. The molecule has 1 aliphatic rings. The topological polar surface area (TPSA) is 65.7 Å². The van der Waals surface area contributed by atoms with Crippen molar-refractivity contribution in [1.82, 2.24) is 0 Å². The molecule has 0 radical (unpaired) electrons. The minimum Gasteiger partial charge on any atom is -0.454 e. The Labute approximate surface area is 107 Å². The standard InChI is InChI=1S/C11H7ClO5S/c12-18(13,14)11-4-3-8(17-11)7-1-2-9-10(5-7)16-6-15-9/h1-5H,6H2. The van der Waals surface area contributed by atoms with Crippen LogP contribution in [0.25, 0.3) is 11.3 Å². The minimum atomic E-state index is -3.85. The number of benzene rings is 1. The van der Waals surface area contributed by atoms with Gasteiger partial charge in [0.05, 0.1) is 0 Å². The van der Waals surface area contributed by atoms with Crippen LogP contribution in [0.1, 0.15) is 0 Å². The van der Waals surface area contributed by atoms with Gasteiger partial charge in [0.2, 0.25) is 11.9 Å². The molecule has 0 aliphatic carbocycles. The van der Waals surface area contributed by atoms with Gasteiger partial charge in [0.25, 0.3) is 9.05 Å². The zero-order chi connectivity index (χ0) is 12.8. The first-order chi connectivity index (χ1) is 8.54. The van der Waals surface area contributed by atoms with Crippen molar-refractivity contribution in [2.75, 3.05) is 6.79 Å². The molecule has 5 nitrogen and oxygen atoms in total. The molecule has 1 aromatic carbocycles. The number of hydrogen-bond acceptors (Lipinski definition) is 5. The Balaban J connectivity index is 2.03. The highest BCUT2D eigenvalue weighted by molar-refractivity contribution is 8.13. The highest BCUT2D eigenvalue weighted by atomic mass is 35.7. The molecule has 0 fully saturated rings. The average molecular weight is 287 g/mol. The Morgan fingerprint density at radius 1 is 1.06 bits per heavy atom. The molecule has 3 rings (SSSR count). The van der Waals surface area contributed by atoms with Crippen molar-refractivity contribution in [3.63, 3.8) is 0 Å². The van der Waals surface area contributed by atoms with Gasteiger partial charge >= 0.3 is 0 Å². The molecule has 94 valence electrons. The van der Waals surface area contributed by atoms with Crippen LogP contribution in [-0.4, -0.2) is 15.2 Å². The SMILES string of the molecule is O=S(=O)(Cl)c1ccc(-c2ccc3c(c2)OCO3)o1. The Kier molecular flexibility index (Phi) is 2.49. The Bertz CT molecular complexity index is 704. The number of furan rings is 1. The highest BCUT2D eigenvalue weighted by Crippen LogP contribution is 2.36. The summed E-state index contributed by atoms with van der Waals surface area (Å²) >= 11 is 0. The molecular formula is C11H7ClO5S. The fourth-order valence-corrected chi connectivity index (χ4v) is 2.32. The van der Waals surface area contributed by atoms with Crippen molar-refractivity contribution in [1.29, 1.82) is 0 Å². The smallest absolute Gasteiger partial charge is 0.294 e. The number of rotatable bonds is 2. The van der Waals surface area contributed by atoms with Gasteiger partial charge in [-0.25, -0.2) is 8.42 Å². The average Bonchev–Trinajstić information content (AvgIpc) is 2.96. The van der Waals surface area contributed by atoms with Gasteiger partial charge in [0, 0.05) is 16.2 Å². The maximum Gasteiger partial charge on any atom is 0.294 e. The van der Waals surface area contributed by atoms with Gasteiger partial charge in [0.15, 0.2) is 11.5 Å². The summed E-state index contributed by atoms with van der Waals surface area (Å²) in [4.78, 5) is 0. The van der Waals surface area contributed by atoms with Crippen LogP contribution in [0.15, 0.2) is 39.8 Å². The Morgan fingerprint density at radius 2 is 1.83 bits per heavy atom. The predicted octanol–water partition coefficient (Wildman–Crippen LogP) is 2.60. The van der Waals surface area contributed by atoms with E-state index in [2.05, 4.69) is 0 Å². The lowest BCUT2D eigenvalue weighted by atomic mass is 10.1. The summed E-state index contributed by atoms with van der Waals surface area (Å²) in [6, 6.07) is 8.03. The van der Waals surface area contributed by atoms with Crippen LogP contribution < -0.4 is 9.47 Å². The predicted molar refractivity (Wildman–Crippen MR) is 63.3 cm³/mol. The van der Waals surface area contributed by atoms with Crippen molar-refractivity contribution in [2.45, 2.75) is 5.09 Å². The fourth-order valence-electron chi connectivity index (χ4n) is 1.66. The molecule has 2 aromatic rings. The Hall–Kier alpha value is -1.66. The summed E-state index contributed by atoms with van der Waals surface area (Å²) in [5, 5.41) is -0.281. The number of fused-ring (bicyclic) bond motifs is 1. The zero-order valence-electron chi connectivity index (χ0n) is 8.92. The second kappa shape index (κ2) is 3.93. The van der Waals surface area contributed by atoms with E-state index < -0.39 is 9.05 Å². The van der Waals surface area contributed by atoms with Crippen LogP contribution >= 0.6 is 10.7 Å². The Morgan fingerprint density at radius 3 is 2.56 bits per heavy atom. The number of ether oxygens (including phenoxy) is 2. The summed E-state index contributed by atoms with van der Waals surface area (Å²) < 4.78 is 37.8. The molecule has 18 heavy (non-hydrogen) atoms. The third-order valence-corrected chi connectivity index (χ3v) is 3.64. The zero-order valence-corrected chi connectivity index (χ0v) is 10.5. The molecule has 0 N–H and O–H groups in total. The van der Waals surface area contributed by atoms with Gasteiger partial charge in [-0.15, -0.1) is 0 Å². The lowest BCUT2D eigenvalue weighted by molar-refractivity contribution is 0.174. The third kappa shape index (κ3) is 1.93.